The minimum absolute atomic E-state index is 0.227. The first kappa shape index (κ1) is 17.9. The van der Waals surface area contributed by atoms with Crippen LogP contribution in [0.2, 0.25) is 0 Å². The fraction of sp³-hybridized carbons (Fsp3) is 0.500. The first-order chi connectivity index (χ1) is 14.2. The van der Waals surface area contributed by atoms with E-state index in [-0.39, 0.29) is 17.6 Å². The van der Waals surface area contributed by atoms with Crippen LogP contribution in [0, 0.1) is 0 Å². The number of rotatable bonds is 6. The minimum Gasteiger partial charge on any atom is -0.493 e. The molecule has 0 unspecified atom stereocenters. The molecule has 11 nitrogen and oxygen atoms in total. The Morgan fingerprint density at radius 2 is 2.10 bits per heavy atom. The number of H-pyrrole nitrogens is 2. The van der Waals surface area contributed by atoms with Crippen molar-refractivity contribution in [2.24, 2.45) is 4.99 Å². The van der Waals surface area contributed by atoms with Crippen LogP contribution in [0.5, 0.6) is 5.88 Å². The van der Waals surface area contributed by atoms with Crippen molar-refractivity contribution < 1.29 is 5.11 Å². The third kappa shape index (κ3) is 3.86. The summed E-state index contributed by atoms with van der Waals surface area (Å²) in [5.74, 6) is 0.272. The summed E-state index contributed by atoms with van der Waals surface area (Å²) >= 11 is 0. The Kier molecular flexibility index (Phi) is 4.51. The predicted octanol–water partition coefficient (Wildman–Crippen LogP) is -1.04. The van der Waals surface area contributed by atoms with Gasteiger partial charge in [0.25, 0.3) is 5.62 Å². The first-order valence-electron chi connectivity index (χ1n) is 9.94. The van der Waals surface area contributed by atoms with E-state index < -0.39 is 5.69 Å². The second kappa shape index (κ2) is 7.32. The van der Waals surface area contributed by atoms with Gasteiger partial charge in [-0.1, -0.05) is 0 Å². The molecule has 29 heavy (non-hydrogen) atoms. The largest absolute Gasteiger partial charge is 0.493 e. The molecular formula is C18H23N9O2. The highest BCUT2D eigenvalue weighted by atomic mass is 16.3. The Hall–Kier alpha value is -3.21. The second-order valence-corrected chi connectivity index (χ2v) is 7.50. The minimum atomic E-state index is -0.478. The van der Waals surface area contributed by atoms with Crippen LogP contribution >= 0.6 is 0 Å². The molecule has 1 saturated heterocycles. The number of nitrogens with zero attached hydrogens (tertiary/aromatic N) is 6. The molecule has 4 N–H and O–H groups in total. The Morgan fingerprint density at radius 3 is 2.83 bits per heavy atom. The molecule has 1 aliphatic carbocycles. The maximum Gasteiger partial charge on any atom is 0.326 e. The van der Waals surface area contributed by atoms with E-state index in [1.54, 1.807) is 16.8 Å². The average Bonchev–Trinajstić information content (AvgIpc) is 3.07. The fourth-order valence-electron chi connectivity index (χ4n) is 3.49. The summed E-state index contributed by atoms with van der Waals surface area (Å²) in [4.78, 5) is 32.5. The number of hydrogen-bond donors (Lipinski definition) is 4. The van der Waals surface area contributed by atoms with Gasteiger partial charge in [-0.15, -0.1) is 0 Å². The van der Waals surface area contributed by atoms with Gasteiger partial charge in [0.2, 0.25) is 11.8 Å². The number of aromatic amines is 2. The lowest BCUT2D eigenvalue weighted by Crippen LogP contribution is -2.29. The van der Waals surface area contributed by atoms with Gasteiger partial charge in [-0.3, -0.25) is 4.98 Å². The van der Waals surface area contributed by atoms with Gasteiger partial charge in [0.05, 0.1) is 12.2 Å². The van der Waals surface area contributed by atoms with Crippen LogP contribution in [0.4, 0.5) is 5.95 Å². The third-order valence-electron chi connectivity index (χ3n) is 5.17. The van der Waals surface area contributed by atoms with E-state index in [1.165, 1.54) is 12.8 Å². The SMILES string of the molecule is O=c1[nH]c(O)c(/C=c2/cnn3c(=NC4CC4)nc(NCCN4CCCC4)nc23)[nH]1. The smallest absolute Gasteiger partial charge is 0.326 e. The molecule has 3 aromatic heterocycles. The summed E-state index contributed by atoms with van der Waals surface area (Å²) in [5.41, 5.74) is 0.860. The van der Waals surface area contributed by atoms with E-state index in [9.17, 15) is 9.90 Å². The second-order valence-electron chi connectivity index (χ2n) is 7.50. The lowest BCUT2D eigenvalue weighted by atomic mass is 10.3. The zero-order valence-corrected chi connectivity index (χ0v) is 15.9. The summed E-state index contributed by atoms with van der Waals surface area (Å²) in [5, 5.41) is 18.2. The summed E-state index contributed by atoms with van der Waals surface area (Å²) in [6.45, 7) is 3.98. The molecule has 1 aliphatic heterocycles. The molecule has 152 valence electrons. The number of anilines is 1. The topological polar surface area (TPSA) is 140 Å². The molecule has 0 atom stereocenters. The van der Waals surface area contributed by atoms with Crippen molar-refractivity contribution in [3.05, 3.63) is 33.2 Å². The number of likely N-dealkylation sites (tertiary alicyclic amines) is 1. The van der Waals surface area contributed by atoms with Crippen LogP contribution in [0.3, 0.4) is 0 Å². The van der Waals surface area contributed by atoms with Gasteiger partial charge >= 0.3 is 5.69 Å². The number of aromatic hydroxyl groups is 1. The van der Waals surface area contributed by atoms with Crippen LogP contribution in [0.25, 0.3) is 11.7 Å². The molecule has 4 heterocycles. The molecular weight excluding hydrogens is 374 g/mol. The van der Waals surface area contributed by atoms with Gasteiger partial charge in [-0.05, 0) is 44.8 Å². The van der Waals surface area contributed by atoms with E-state index in [0.29, 0.717) is 22.4 Å². The highest BCUT2D eigenvalue weighted by molar-refractivity contribution is 5.57. The predicted molar refractivity (Wildman–Crippen MR) is 105 cm³/mol. The highest BCUT2D eigenvalue weighted by Gasteiger charge is 2.21. The Morgan fingerprint density at radius 1 is 1.28 bits per heavy atom. The number of nitrogens with one attached hydrogen (secondary N) is 3. The summed E-state index contributed by atoms with van der Waals surface area (Å²) in [6, 6.07) is 0.284. The standard InChI is InChI=1S/C18H23N9O2/c28-15-13(22-18(29)24-15)9-11-10-20-27-14(11)23-16(25-17(27)21-12-3-4-12)19-5-8-26-6-1-2-7-26/h9-10,12,28H,1-8H2,(H,19,21,25)(H2,22,24,29)/b11-9-. The zero-order chi connectivity index (χ0) is 19.8. The first-order valence-corrected chi connectivity index (χ1v) is 9.94. The molecule has 0 bridgehead atoms. The molecule has 2 aliphatic rings. The lowest BCUT2D eigenvalue weighted by molar-refractivity contribution is 0.352. The van der Waals surface area contributed by atoms with Crippen molar-refractivity contribution >= 4 is 17.7 Å². The number of fused-ring (bicyclic) bond motifs is 1. The van der Waals surface area contributed by atoms with Crippen LogP contribution < -0.4 is 21.8 Å². The monoisotopic (exact) mass is 397 g/mol. The molecule has 0 radical (unpaired) electrons. The molecule has 0 spiro atoms. The van der Waals surface area contributed by atoms with Gasteiger partial charge in [-0.2, -0.15) is 19.6 Å². The van der Waals surface area contributed by atoms with Gasteiger partial charge in [0, 0.05) is 18.3 Å². The lowest BCUT2D eigenvalue weighted by Gasteiger charge is -2.14. The highest BCUT2D eigenvalue weighted by Crippen LogP contribution is 2.22. The van der Waals surface area contributed by atoms with Gasteiger partial charge in [-0.25, -0.2) is 9.79 Å². The zero-order valence-electron chi connectivity index (χ0n) is 15.9. The summed E-state index contributed by atoms with van der Waals surface area (Å²) in [7, 11) is 0. The molecule has 0 amide bonds. The van der Waals surface area contributed by atoms with E-state index in [0.717, 1.165) is 39.0 Å². The molecule has 5 rings (SSSR count). The van der Waals surface area contributed by atoms with Crippen molar-refractivity contribution in [2.75, 3.05) is 31.5 Å². The number of imidazole rings is 1. The van der Waals surface area contributed by atoms with Crippen molar-refractivity contribution in [2.45, 2.75) is 31.7 Å². The molecule has 1 saturated carbocycles. The van der Waals surface area contributed by atoms with E-state index in [2.05, 4.69) is 40.2 Å². The van der Waals surface area contributed by atoms with Crippen LogP contribution in [-0.2, 0) is 0 Å². The van der Waals surface area contributed by atoms with Crippen molar-refractivity contribution in [1.29, 1.82) is 0 Å². The van der Waals surface area contributed by atoms with Gasteiger partial charge in [0.15, 0.2) is 5.65 Å². The maximum absolute atomic E-state index is 11.4. The van der Waals surface area contributed by atoms with Gasteiger partial charge in [0.1, 0.15) is 5.69 Å². The van der Waals surface area contributed by atoms with Crippen molar-refractivity contribution in [1.82, 2.24) is 34.4 Å². The van der Waals surface area contributed by atoms with Crippen LogP contribution in [0.1, 0.15) is 31.4 Å². The maximum atomic E-state index is 11.4. The summed E-state index contributed by atoms with van der Waals surface area (Å²) in [6.07, 6.45) is 7.88. The molecule has 0 aromatic carbocycles. The Balaban J connectivity index is 1.52. The number of aromatic nitrogens is 6. The van der Waals surface area contributed by atoms with Crippen LogP contribution in [-0.4, -0.2) is 71.8 Å². The van der Waals surface area contributed by atoms with Gasteiger partial charge < -0.3 is 20.3 Å². The Labute approximate surface area is 165 Å². The average molecular weight is 397 g/mol. The van der Waals surface area contributed by atoms with Crippen molar-refractivity contribution in [3.63, 3.8) is 0 Å². The molecule has 3 aromatic rings. The molecule has 11 heteroatoms. The molecule has 2 fully saturated rings. The van der Waals surface area contributed by atoms with E-state index in [4.69, 9.17) is 0 Å². The number of hydrogen-bond acceptors (Lipinski definition) is 8. The van der Waals surface area contributed by atoms with E-state index in [1.807, 2.05) is 0 Å². The summed E-state index contributed by atoms with van der Waals surface area (Å²) < 4.78 is 1.59. The fourth-order valence-corrected chi connectivity index (χ4v) is 3.49. The Bertz CT molecular complexity index is 1200. The van der Waals surface area contributed by atoms with E-state index >= 15 is 0 Å². The third-order valence-corrected chi connectivity index (χ3v) is 5.17. The van der Waals surface area contributed by atoms with Crippen molar-refractivity contribution in [3.8, 4) is 5.88 Å². The van der Waals surface area contributed by atoms with Crippen LogP contribution in [0.15, 0.2) is 16.0 Å². The quantitative estimate of drug-likeness (QED) is 0.417. The normalized spacial score (nSPS) is 18.9.